The van der Waals surface area contributed by atoms with Gasteiger partial charge < -0.3 is 19.9 Å². The number of carboxylic acid groups (broad SMARTS) is 1. The molecule has 122 valence electrons. The van der Waals surface area contributed by atoms with Crippen LogP contribution in [0.5, 0.6) is 5.75 Å². The van der Waals surface area contributed by atoms with E-state index in [-0.39, 0.29) is 6.61 Å². The summed E-state index contributed by atoms with van der Waals surface area (Å²) >= 11 is 11.7. The Labute approximate surface area is 138 Å². The highest BCUT2D eigenvalue weighted by Crippen LogP contribution is 2.25. The second-order valence-electron chi connectivity index (χ2n) is 4.92. The van der Waals surface area contributed by atoms with Crippen molar-refractivity contribution < 1.29 is 24.2 Å². The topological polar surface area (TPSA) is 84.9 Å². The van der Waals surface area contributed by atoms with Crippen molar-refractivity contribution in [3.63, 3.8) is 0 Å². The molecule has 1 amide bonds. The minimum Gasteiger partial charge on any atom is -0.481 e. The van der Waals surface area contributed by atoms with Crippen molar-refractivity contribution in [2.45, 2.75) is 25.5 Å². The second-order valence-corrected chi connectivity index (χ2v) is 5.80. The Morgan fingerprint density at radius 1 is 1.32 bits per heavy atom. The van der Waals surface area contributed by atoms with Crippen molar-refractivity contribution in [2.24, 2.45) is 0 Å². The van der Waals surface area contributed by atoms with Crippen LogP contribution in [0.4, 0.5) is 0 Å². The molecule has 1 aromatic rings. The molecular formula is C14H17Cl2NO5. The largest absolute Gasteiger partial charge is 0.481 e. The number of benzene rings is 1. The van der Waals surface area contributed by atoms with Gasteiger partial charge in [0.05, 0.1) is 6.61 Å². The number of halogens is 2. The lowest BCUT2D eigenvalue weighted by Crippen LogP contribution is -2.57. The number of ether oxygens (including phenoxy) is 2. The Morgan fingerprint density at radius 3 is 2.32 bits per heavy atom. The minimum absolute atomic E-state index is 0.177. The van der Waals surface area contributed by atoms with Crippen molar-refractivity contribution in [3.05, 3.63) is 28.2 Å². The second kappa shape index (κ2) is 7.67. The van der Waals surface area contributed by atoms with Crippen molar-refractivity contribution in [1.29, 1.82) is 0 Å². The Kier molecular flexibility index (Phi) is 6.47. The van der Waals surface area contributed by atoms with Crippen LogP contribution in [0.3, 0.4) is 0 Å². The number of carbonyl (C=O) groups excluding carboxylic acids is 1. The molecule has 2 atom stereocenters. The fourth-order valence-electron chi connectivity index (χ4n) is 1.67. The molecule has 0 saturated carbocycles. The van der Waals surface area contributed by atoms with Gasteiger partial charge in [-0.1, -0.05) is 23.2 Å². The average Bonchev–Trinajstić information content (AvgIpc) is 2.37. The molecule has 2 N–H and O–H groups in total. The fourth-order valence-corrected chi connectivity index (χ4v) is 2.17. The molecule has 2 unspecified atom stereocenters. The minimum atomic E-state index is -1.55. The molecule has 0 radical (unpaired) electrons. The summed E-state index contributed by atoms with van der Waals surface area (Å²) in [6.45, 7) is 2.66. The Bertz CT molecular complexity index is 546. The van der Waals surface area contributed by atoms with Crippen LogP contribution in [0.1, 0.15) is 13.8 Å². The molecule has 0 aromatic heterocycles. The van der Waals surface area contributed by atoms with E-state index in [2.05, 4.69) is 5.32 Å². The maximum atomic E-state index is 12.1. The van der Waals surface area contributed by atoms with Gasteiger partial charge >= 0.3 is 5.97 Å². The standard InChI is InChI=1S/C14H17Cl2NO5/c1-8(22-11-5-9(15)4-10(16)6-11)12(18)17-14(2,7-21-3)13(19)20/h4-6,8H,7H2,1-3H3,(H,17,18)(H,19,20). The molecule has 0 bridgehead atoms. The van der Waals surface area contributed by atoms with Crippen molar-refractivity contribution in [3.8, 4) is 5.75 Å². The third kappa shape index (κ3) is 5.05. The lowest BCUT2D eigenvalue weighted by Gasteiger charge is -2.27. The number of hydrogen-bond acceptors (Lipinski definition) is 4. The number of rotatable bonds is 7. The van der Waals surface area contributed by atoms with Crippen molar-refractivity contribution in [2.75, 3.05) is 13.7 Å². The molecule has 0 aliphatic carbocycles. The first-order valence-corrected chi connectivity index (χ1v) is 7.10. The summed E-state index contributed by atoms with van der Waals surface area (Å²) in [5.41, 5.74) is -1.55. The molecule has 22 heavy (non-hydrogen) atoms. The zero-order valence-electron chi connectivity index (χ0n) is 12.4. The highest BCUT2D eigenvalue weighted by molar-refractivity contribution is 6.34. The van der Waals surface area contributed by atoms with E-state index in [0.717, 1.165) is 0 Å². The number of carboxylic acids is 1. The maximum Gasteiger partial charge on any atom is 0.331 e. The Hall–Kier alpha value is -1.50. The number of carbonyl (C=O) groups is 2. The zero-order chi connectivity index (χ0) is 16.9. The smallest absolute Gasteiger partial charge is 0.331 e. The first kappa shape index (κ1) is 18.5. The molecule has 0 aliphatic heterocycles. The summed E-state index contributed by atoms with van der Waals surface area (Å²) in [4.78, 5) is 23.3. The molecular weight excluding hydrogens is 333 g/mol. The molecule has 0 fully saturated rings. The highest BCUT2D eigenvalue weighted by atomic mass is 35.5. The van der Waals surface area contributed by atoms with E-state index in [1.165, 1.54) is 39.2 Å². The van der Waals surface area contributed by atoms with Crippen LogP contribution in [0.15, 0.2) is 18.2 Å². The summed E-state index contributed by atoms with van der Waals surface area (Å²) in [6.07, 6.45) is -0.940. The lowest BCUT2D eigenvalue weighted by atomic mass is 10.0. The third-order valence-corrected chi connectivity index (χ3v) is 3.26. The molecule has 8 heteroatoms. The van der Waals surface area contributed by atoms with Gasteiger partial charge in [0.15, 0.2) is 11.6 Å². The summed E-state index contributed by atoms with van der Waals surface area (Å²) in [5.74, 6) is -1.50. The van der Waals surface area contributed by atoms with Gasteiger partial charge in [0.1, 0.15) is 5.75 Å². The van der Waals surface area contributed by atoms with Crippen LogP contribution in [0.2, 0.25) is 10.0 Å². The van der Waals surface area contributed by atoms with Crippen LogP contribution < -0.4 is 10.1 Å². The van der Waals surface area contributed by atoms with Gasteiger partial charge in [0.2, 0.25) is 0 Å². The Morgan fingerprint density at radius 2 is 1.86 bits per heavy atom. The highest BCUT2D eigenvalue weighted by Gasteiger charge is 2.36. The number of hydrogen-bond donors (Lipinski definition) is 2. The van der Waals surface area contributed by atoms with Crippen LogP contribution in [0, 0.1) is 0 Å². The summed E-state index contributed by atoms with van der Waals surface area (Å²) in [7, 11) is 1.35. The molecule has 6 nitrogen and oxygen atoms in total. The van der Waals surface area contributed by atoms with E-state index in [1.807, 2.05) is 0 Å². The first-order valence-electron chi connectivity index (χ1n) is 6.35. The predicted molar refractivity (Wildman–Crippen MR) is 82.6 cm³/mol. The van der Waals surface area contributed by atoms with E-state index in [9.17, 15) is 14.7 Å². The summed E-state index contributed by atoms with van der Waals surface area (Å²) in [6, 6.07) is 4.53. The van der Waals surface area contributed by atoms with Gasteiger partial charge in [-0.25, -0.2) is 4.79 Å². The maximum absolute atomic E-state index is 12.1. The van der Waals surface area contributed by atoms with Gasteiger partial charge in [-0.05, 0) is 32.0 Å². The third-order valence-electron chi connectivity index (χ3n) is 2.82. The van der Waals surface area contributed by atoms with Crippen LogP contribution >= 0.6 is 23.2 Å². The van der Waals surface area contributed by atoms with Crippen LogP contribution in [-0.4, -0.2) is 42.3 Å². The average molecular weight is 350 g/mol. The molecule has 0 saturated heterocycles. The monoisotopic (exact) mass is 349 g/mol. The van der Waals surface area contributed by atoms with Gasteiger partial charge in [-0.15, -0.1) is 0 Å². The van der Waals surface area contributed by atoms with Gasteiger partial charge in [0.25, 0.3) is 5.91 Å². The summed E-state index contributed by atoms with van der Waals surface area (Å²) < 4.78 is 10.3. The first-order chi connectivity index (χ1) is 10.2. The van der Waals surface area contributed by atoms with Crippen LogP contribution in [-0.2, 0) is 14.3 Å². The lowest BCUT2D eigenvalue weighted by molar-refractivity contribution is -0.150. The van der Waals surface area contributed by atoms with E-state index in [0.29, 0.717) is 15.8 Å². The van der Waals surface area contributed by atoms with Crippen LogP contribution in [0.25, 0.3) is 0 Å². The molecule has 0 spiro atoms. The van der Waals surface area contributed by atoms with Gasteiger partial charge in [-0.3, -0.25) is 4.79 Å². The number of aliphatic carboxylic acids is 1. The molecule has 1 aromatic carbocycles. The number of amides is 1. The number of methoxy groups -OCH3 is 1. The molecule has 1 rings (SSSR count). The van der Waals surface area contributed by atoms with Gasteiger partial charge in [0, 0.05) is 17.2 Å². The SMILES string of the molecule is COCC(C)(NC(=O)C(C)Oc1cc(Cl)cc(Cl)c1)C(=O)O. The number of nitrogens with one attached hydrogen (secondary N) is 1. The van der Waals surface area contributed by atoms with E-state index >= 15 is 0 Å². The molecule has 0 heterocycles. The Balaban J connectivity index is 2.78. The quantitative estimate of drug-likeness (QED) is 0.789. The predicted octanol–water partition coefficient (Wildman–Crippen LogP) is 2.37. The van der Waals surface area contributed by atoms with E-state index < -0.39 is 23.5 Å². The fraction of sp³-hybridized carbons (Fsp3) is 0.429. The summed E-state index contributed by atoms with van der Waals surface area (Å²) in [5, 5.41) is 12.3. The van der Waals surface area contributed by atoms with Gasteiger partial charge in [-0.2, -0.15) is 0 Å². The van der Waals surface area contributed by atoms with E-state index in [4.69, 9.17) is 32.7 Å². The van der Waals surface area contributed by atoms with E-state index in [1.54, 1.807) is 0 Å². The normalized spacial score (nSPS) is 14.8. The van der Waals surface area contributed by atoms with Crippen molar-refractivity contribution in [1.82, 2.24) is 5.32 Å². The molecule has 0 aliphatic rings. The van der Waals surface area contributed by atoms with Crippen molar-refractivity contribution >= 4 is 35.1 Å². The zero-order valence-corrected chi connectivity index (χ0v) is 13.9.